The quantitative estimate of drug-likeness (QED) is 0.782. The molecule has 2 aromatic rings. The van der Waals surface area contributed by atoms with Crippen molar-refractivity contribution in [1.82, 2.24) is 4.90 Å². The summed E-state index contributed by atoms with van der Waals surface area (Å²) in [7, 11) is 3.24. The third-order valence-corrected chi connectivity index (χ3v) is 4.50. The Hall–Kier alpha value is -1.23. The van der Waals surface area contributed by atoms with Crippen LogP contribution >= 0.6 is 35.0 Å². The summed E-state index contributed by atoms with van der Waals surface area (Å²) in [5.41, 5.74) is 0.302. The molecule has 0 aromatic heterocycles. The molecule has 1 amide bonds. The molecule has 0 heterocycles. The van der Waals surface area contributed by atoms with E-state index in [1.165, 1.54) is 28.8 Å². The summed E-state index contributed by atoms with van der Waals surface area (Å²) in [5, 5.41) is 1.02. The Morgan fingerprint density at radius 3 is 2.38 bits per heavy atom. The second-order valence-corrected chi connectivity index (χ2v) is 6.44. The molecule has 2 aromatic carbocycles. The van der Waals surface area contributed by atoms with Crippen LogP contribution in [0.4, 0.5) is 4.39 Å². The minimum Gasteiger partial charge on any atom is -0.345 e. The van der Waals surface area contributed by atoms with Crippen LogP contribution in [0.1, 0.15) is 10.4 Å². The summed E-state index contributed by atoms with van der Waals surface area (Å²) in [5.74, 6) is -0.714. The lowest BCUT2D eigenvalue weighted by Crippen LogP contribution is -2.22. The lowest BCUT2D eigenvalue weighted by atomic mass is 10.2. The highest BCUT2D eigenvalue weighted by Gasteiger charge is 2.16. The highest BCUT2D eigenvalue weighted by Crippen LogP contribution is 2.36. The summed E-state index contributed by atoms with van der Waals surface area (Å²) < 4.78 is 13.4. The number of carbonyl (C=O) groups excluding carboxylic acids is 1. The van der Waals surface area contributed by atoms with Crippen molar-refractivity contribution >= 4 is 40.9 Å². The molecule has 0 N–H and O–H groups in total. The van der Waals surface area contributed by atoms with Gasteiger partial charge in [0.2, 0.25) is 0 Å². The van der Waals surface area contributed by atoms with E-state index < -0.39 is 5.82 Å². The first-order valence-electron chi connectivity index (χ1n) is 6.02. The summed E-state index contributed by atoms with van der Waals surface area (Å²) in [6.45, 7) is 0. The zero-order chi connectivity index (χ0) is 15.6. The van der Waals surface area contributed by atoms with Crippen molar-refractivity contribution in [3.8, 4) is 0 Å². The van der Waals surface area contributed by atoms with Gasteiger partial charge in [0.05, 0.1) is 10.6 Å². The number of benzene rings is 2. The van der Waals surface area contributed by atoms with Gasteiger partial charge in [0.15, 0.2) is 0 Å². The molecular weight excluding hydrogens is 332 g/mol. The Bertz CT molecular complexity index is 691. The second-order valence-electron chi connectivity index (χ2n) is 4.52. The predicted octanol–water partition coefficient (Wildman–Crippen LogP) is 4.99. The molecule has 0 aliphatic carbocycles. The topological polar surface area (TPSA) is 20.3 Å². The van der Waals surface area contributed by atoms with Gasteiger partial charge in [0.25, 0.3) is 5.91 Å². The summed E-state index contributed by atoms with van der Waals surface area (Å²) >= 11 is 13.3. The molecule has 0 spiro atoms. The smallest absolute Gasteiger partial charge is 0.254 e. The van der Waals surface area contributed by atoms with Crippen LogP contribution in [0.5, 0.6) is 0 Å². The molecule has 0 saturated heterocycles. The zero-order valence-electron chi connectivity index (χ0n) is 11.4. The van der Waals surface area contributed by atoms with Crippen molar-refractivity contribution in [2.24, 2.45) is 0 Å². The number of halogens is 3. The fourth-order valence-electron chi connectivity index (χ4n) is 1.68. The predicted molar refractivity (Wildman–Crippen MR) is 85.0 cm³/mol. The van der Waals surface area contributed by atoms with Crippen molar-refractivity contribution in [2.75, 3.05) is 14.1 Å². The number of nitrogens with zero attached hydrogens (tertiary/aromatic N) is 1. The van der Waals surface area contributed by atoms with Gasteiger partial charge in [0.1, 0.15) is 5.82 Å². The molecular formula is C15H12Cl2FNOS. The molecule has 110 valence electrons. The van der Waals surface area contributed by atoms with Crippen molar-refractivity contribution in [3.63, 3.8) is 0 Å². The van der Waals surface area contributed by atoms with Crippen LogP contribution in [-0.2, 0) is 0 Å². The van der Waals surface area contributed by atoms with E-state index in [4.69, 9.17) is 23.2 Å². The van der Waals surface area contributed by atoms with E-state index >= 15 is 0 Å². The van der Waals surface area contributed by atoms with Gasteiger partial charge in [-0.1, -0.05) is 35.0 Å². The first-order chi connectivity index (χ1) is 9.88. The Labute approximate surface area is 136 Å². The van der Waals surface area contributed by atoms with E-state index in [0.717, 1.165) is 4.90 Å². The minimum absolute atomic E-state index is 0.262. The second kappa shape index (κ2) is 6.69. The van der Waals surface area contributed by atoms with Crippen LogP contribution in [0.25, 0.3) is 0 Å². The molecule has 0 atom stereocenters. The van der Waals surface area contributed by atoms with Gasteiger partial charge in [0, 0.05) is 28.9 Å². The number of carbonyl (C=O) groups is 1. The standard InChI is InChI=1S/C15H12Cl2FNOS/c1-19(2)15(20)11-8-10(18)4-6-13(11)21-14-5-3-9(16)7-12(14)17/h3-8H,1-2H3. The normalized spacial score (nSPS) is 10.5. The van der Waals surface area contributed by atoms with Crippen molar-refractivity contribution in [1.29, 1.82) is 0 Å². The first kappa shape index (κ1) is 16.1. The molecule has 0 bridgehead atoms. The Morgan fingerprint density at radius 2 is 1.76 bits per heavy atom. The number of amides is 1. The molecule has 21 heavy (non-hydrogen) atoms. The first-order valence-corrected chi connectivity index (χ1v) is 7.60. The highest BCUT2D eigenvalue weighted by molar-refractivity contribution is 7.99. The Balaban J connectivity index is 2.42. The van der Waals surface area contributed by atoms with E-state index in [2.05, 4.69) is 0 Å². The molecule has 0 unspecified atom stereocenters. The number of rotatable bonds is 3. The SMILES string of the molecule is CN(C)C(=O)c1cc(F)ccc1Sc1ccc(Cl)cc1Cl. The largest absolute Gasteiger partial charge is 0.345 e. The van der Waals surface area contributed by atoms with Gasteiger partial charge in [-0.05, 0) is 36.4 Å². The summed E-state index contributed by atoms with van der Waals surface area (Å²) in [6, 6.07) is 9.23. The number of hydrogen-bond acceptors (Lipinski definition) is 2. The van der Waals surface area contributed by atoms with Gasteiger partial charge in [-0.3, -0.25) is 4.79 Å². The van der Waals surface area contributed by atoms with E-state index in [-0.39, 0.29) is 5.91 Å². The number of hydrogen-bond donors (Lipinski definition) is 0. The van der Waals surface area contributed by atoms with Gasteiger partial charge in [-0.25, -0.2) is 4.39 Å². The van der Waals surface area contributed by atoms with Crippen LogP contribution in [0.3, 0.4) is 0 Å². The molecule has 0 radical (unpaired) electrons. The van der Waals surface area contributed by atoms with Gasteiger partial charge >= 0.3 is 0 Å². The van der Waals surface area contributed by atoms with Crippen LogP contribution in [0.2, 0.25) is 10.0 Å². The maximum atomic E-state index is 13.4. The Morgan fingerprint density at radius 1 is 1.10 bits per heavy atom. The summed E-state index contributed by atoms with van der Waals surface area (Å²) in [4.78, 5) is 14.9. The van der Waals surface area contributed by atoms with Crippen molar-refractivity contribution in [2.45, 2.75) is 9.79 Å². The summed E-state index contributed by atoms with van der Waals surface area (Å²) in [6.07, 6.45) is 0. The molecule has 2 rings (SSSR count). The average molecular weight is 344 g/mol. The molecule has 0 fully saturated rings. The van der Waals surface area contributed by atoms with Crippen molar-refractivity contribution in [3.05, 3.63) is 57.8 Å². The van der Waals surface area contributed by atoms with Crippen LogP contribution in [0.15, 0.2) is 46.2 Å². The monoisotopic (exact) mass is 343 g/mol. The average Bonchev–Trinajstić information content (AvgIpc) is 2.42. The molecule has 0 aliphatic rings. The molecule has 2 nitrogen and oxygen atoms in total. The lowest BCUT2D eigenvalue weighted by Gasteiger charge is -2.14. The van der Waals surface area contributed by atoms with Gasteiger partial charge in [-0.15, -0.1) is 0 Å². The van der Waals surface area contributed by atoms with Crippen LogP contribution < -0.4 is 0 Å². The van der Waals surface area contributed by atoms with E-state index in [1.807, 2.05) is 0 Å². The van der Waals surface area contributed by atoms with E-state index in [1.54, 1.807) is 38.4 Å². The fraction of sp³-hybridized carbons (Fsp3) is 0.133. The maximum absolute atomic E-state index is 13.4. The van der Waals surface area contributed by atoms with Crippen molar-refractivity contribution < 1.29 is 9.18 Å². The third-order valence-electron chi connectivity index (χ3n) is 2.69. The van der Waals surface area contributed by atoms with Gasteiger partial charge < -0.3 is 4.90 Å². The fourth-order valence-corrected chi connectivity index (χ4v) is 3.12. The van der Waals surface area contributed by atoms with Crippen LogP contribution in [-0.4, -0.2) is 24.9 Å². The maximum Gasteiger partial charge on any atom is 0.254 e. The zero-order valence-corrected chi connectivity index (χ0v) is 13.7. The van der Waals surface area contributed by atoms with Gasteiger partial charge in [-0.2, -0.15) is 0 Å². The lowest BCUT2D eigenvalue weighted by molar-refractivity contribution is 0.0824. The molecule has 0 saturated carbocycles. The van der Waals surface area contributed by atoms with Crippen LogP contribution in [0, 0.1) is 5.82 Å². The molecule has 0 aliphatic heterocycles. The molecule has 6 heteroatoms. The van der Waals surface area contributed by atoms with E-state index in [0.29, 0.717) is 20.5 Å². The van der Waals surface area contributed by atoms with E-state index in [9.17, 15) is 9.18 Å². The highest BCUT2D eigenvalue weighted by atomic mass is 35.5. The Kier molecular flexibility index (Phi) is 5.14. The minimum atomic E-state index is -0.452. The third kappa shape index (κ3) is 3.90.